The van der Waals surface area contributed by atoms with Crippen LogP contribution in [0.25, 0.3) is 0 Å². The van der Waals surface area contributed by atoms with Crippen LogP contribution in [0.2, 0.25) is 0 Å². The maximum atomic E-state index is 12.2. The first kappa shape index (κ1) is 18.2. The Morgan fingerprint density at radius 1 is 1.05 bits per heavy atom. The number of nitrogens with zero attached hydrogens (tertiary/aromatic N) is 2. The predicted molar refractivity (Wildman–Crippen MR) is 89.9 cm³/mol. The zero-order valence-corrected chi connectivity index (χ0v) is 14.4. The van der Waals surface area contributed by atoms with Crippen LogP contribution >= 0.6 is 0 Å². The lowest BCUT2D eigenvalue weighted by atomic mass is 10.0. The summed E-state index contributed by atoms with van der Waals surface area (Å²) in [5.74, 6) is 0.321. The van der Waals surface area contributed by atoms with Gasteiger partial charge in [-0.05, 0) is 37.6 Å². The highest BCUT2D eigenvalue weighted by Crippen LogP contribution is 2.17. The first-order chi connectivity index (χ1) is 10.2. The molecule has 1 aromatic carbocycles. The predicted octanol–water partition coefficient (Wildman–Crippen LogP) is 2.16. The second-order valence-corrected chi connectivity index (χ2v) is 6.15. The monoisotopic (exact) mass is 305 g/mol. The van der Waals surface area contributed by atoms with Crippen molar-refractivity contribution in [1.29, 1.82) is 0 Å². The van der Waals surface area contributed by atoms with Crippen LogP contribution in [0.5, 0.6) is 0 Å². The number of carbonyl (C=O) groups is 2. The summed E-state index contributed by atoms with van der Waals surface area (Å²) in [7, 11) is 5.18. The third-order valence-corrected chi connectivity index (χ3v) is 3.77. The Morgan fingerprint density at radius 3 is 2.05 bits per heavy atom. The summed E-state index contributed by atoms with van der Waals surface area (Å²) in [4.78, 5) is 27.2. The molecule has 0 aliphatic heterocycles. The van der Waals surface area contributed by atoms with Gasteiger partial charge in [0.15, 0.2) is 0 Å². The number of benzene rings is 1. The van der Waals surface area contributed by atoms with E-state index in [0.29, 0.717) is 5.92 Å². The largest absolute Gasteiger partial charge is 0.348 e. The van der Waals surface area contributed by atoms with E-state index in [-0.39, 0.29) is 24.4 Å². The molecule has 1 atom stereocenters. The smallest absolute Gasteiger partial charge is 0.241 e. The molecular formula is C17H27N3O2. The van der Waals surface area contributed by atoms with Gasteiger partial charge in [0, 0.05) is 19.8 Å². The third-order valence-electron chi connectivity index (χ3n) is 3.77. The average molecular weight is 305 g/mol. The van der Waals surface area contributed by atoms with Crippen molar-refractivity contribution >= 4 is 17.5 Å². The van der Waals surface area contributed by atoms with Crippen molar-refractivity contribution in [3.05, 3.63) is 29.8 Å². The molecule has 5 heteroatoms. The highest BCUT2D eigenvalue weighted by atomic mass is 16.2. The van der Waals surface area contributed by atoms with Gasteiger partial charge < -0.3 is 10.2 Å². The Bertz CT molecular complexity index is 509. The van der Waals surface area contributed by atoms with E-state index in [1.807, 2.05) is 24.3 Å². The van der Waals surface area contributed by atoms with Gasteiger partial charge in [-0.15, -0.1) is 0 Å². The molecule has 5 nitrogen and oxygen atoms in total. The molecule has 0 spiro atoms. The van der Waals surface area contributed by atoms with Crippen LogP contribution in [0.15, 0.2) is 24.3 Å². The Balaban J connectivity index is 2.61. The first-order valence-electron chi connectivity index (χ1n) is 7.53. The molecule has 0 bridgehead atoms. The van der Waals surface area contributed by atoms with E-state index >= 15 is 0 Å². The summed E-state index contributed by atoms with van der Waals surface area (Å²) in [6.07, 6.45) is 0. The molecule has 1 N–H and O–H groups in total. The number of likely N-dealkylation sites (N-methyl/N-ethyl adjacent to an activating group) is 2. The van der Waals surface area contributed by atoms with Crippen molar-refractivity contribution in [3.8, 4) is 0 Å². The van der Waals surface area contributed by atoms with Gasteiger partial charge in [0.25, 0.3) is 0 Å². The van der Waals surface area contributed by atoms with Crippen LogP contribution in [0.4, 0.5) is 5.69 Å². The summed E-state index contributed by atoms with van der Waals surface area (Å²) in [5.41, 5.74) is 2.01. The zero-order valence-electron chi connectivity index (χ0n) is 14.4. The van der Waals surface area contributed by atoms with Crippen molar-refractivity contribution in [3.63, 3.8) is 0 Å². The van der Waals surface area contributed by atoms with Crippen LogP contribution in [0.1, 0.15) is 32.3 Å². The molecule has 0 radical (unpaired) electrons. The normalized spacial score (nSPS) is 12.4. The lowest BCUT2D eigenvalue weighted by molar-refractivity contribution is -0.131. The van der Waals surface area contributed by atoms with E-state index in [9.17, 15) is 9.59 Å². The summed E-state index contributed by atoms with van der Waals surface area (Å²) in [6.45, 7) is 6.27. The third kappa shape index (κ3) is 5.15. The van der Waals surface area contributed by atoms with E-state index in [1.54, 1.807) is 33.0 Å². The van der Waals surface area contributed by atoms with Crippen LogP contribution in [-0.2, 0) is 9.59 Å². The van der Waals surface area contributed by atoms with Crippen molar-refractivity contribution in [1.82, 2.24) is 9.80 Å². The van der Waals surface area contributed by atoms with Gasteiger partial charge in [-0.3, -0.25) is 14.5 Å². The van der Waals surface area contributed by atoms with E-state index in [1.165, 1.54) is 10.5 Å². The average Bonchev–Trinajstić information content (AvgIpc) is 2.46. The summed E-state index contributed by atoms with van der Waals surface area (Å²) >= 11 is 0. The quantitative estimate of drug-likeness (QED) is 0.876. The minimum atomic E-state index is -0.381. The number of amides is 2. The molecule has 122 valence electrons. The molecule has 0 saturated heterocycles. The van der Waals surface area contributed by atoms with Crippen LogP contribution in [0, 0.1) is 0 Å². The Morgan fingerprint density at radius 2 is 1.59 bits per heavy atom. The van der Waals surface area contributed by atoms with Gasteiger partial charge in [-0.25, -0.2) is 0 Å². The molecule has 1 aromatic rings. The first-order valence-corrected chi connectivity index (χ1v) is 7.53. The molecule has 0 aliphatic rings. The summed E-state index contributed by atoms with van der Waals surface area (Å²) < 4.78 is 0. The van der Waals surface area contributed by atoms with Gasteiger partial charge >= 0.3 is 0 Å². The standard InChI is InChI=1S/C17H27N3O2/c1-12(2)14-7-9-15(10-8-14)18-17(22)13(3)20(6)11-16(21)19(4)5/h7-10,12-13H,11H2,1-6H3,(H,18,22)/t13-/m1/s1. The van der Waals surface area contributed by atoms with Crippen LogP contribution in [0.3, 0.4) is 0 Å². The fourth-order valence-electron chi connectivity index (χ4n) is 1.89. The van der Waals surface area contributed by atoms with Crippen LogP contribution < -0.4 is 5.32 Å². The van der Waals surface area contributed by atoms with E-state index < -0.39 is 0 Å². The topological polar surface area (TPSA) is 52.7 Å². The summed E-state index contributed by atoms with van der Waals surface area (Å²) in [5, 5.41) is 2.89. The molecule has 2 amide bonds. The molecule has 0 unspecified atom stereocenters. The van der Waals surface area contributed by atoms with E-state index in [4.69, 9.17) is 0 Å². The molecule has 0 heterocycles. The lowest BCUT2D eigenvalue weighted by Gasteiger charge is -2.24. The minimum absolute atomic E-state index is 0.0246. The lowest BCUT2D eigenvalue weighted by Crippen LogP contribution is -2.44. The maximum absolute atomic E-state index is 12.2. The Kier molecular flexibility index (Phi) is 6.56. The molecule has 0 saturated carbocycles. The molecule has 0 fully saturated rings. The fourth-order valence-corrected chi connectivity index (χ4v) is 1.89. The SMILES string of the molecule is CC(C)c1ccc(NC(=O)[C@@H](C)N(C)CC(=O)N(C)C)cc1. The number of anilines is 1. The number of rotatable bonds is 6. The van der Waals surface area contributed by atoms with Gasteiger partial charge in [0.2, 0.25) is 11.8 Å². The fraction of sp³-hybridized carbons (Fsp3) is 0.529. The maximum Gasteiger partial charge on any atom is 0.241 e. The number of nitrogens with one attached hydrogen (secondary N) is 1. The van der Waals surface area contributed by atoms with Gasteiger partial charge in [-0.1, -0.05) is 26.0 Å². The molecular weight excluding hydrogens is 278 g/mol. The molecule has 22 heavy (non-hydrogen) atoms. The molecule has 0 aliphatic carbocycles. The molecule has 0 aromatic heterocycles. The number of carbonyl (C=O) groups excluding carboxylic acids is 2. The van der Waals surface area contributed by atoms with Gasteiger partial charge in [0.05, 0.1) is 12.6 Å². The van der Waals surface area contributed by atoms with E-state index in [2.05, 4.69) is 19.2 Å². The minimum Gasteiger partial charge on any atom is -0.348 e. The molecule has 1 rings (SSSR count). The number of hydrogen-bond acceptors (Lipinski definition) is 3. The Labute approximate surface area is 133 Å². The van der Waals surface area contributed by atoms with Crippen molar-refractivity contribution in [2.75, 3.05) is 33.0 Å². The van der Waals surface area contributed by atoms with Crippen molar-refractivity contribution in [2.45, 2.75) is 32.7 Å². The van der Waals surface area contributed by atoms with Crippen LogP contribution in [-0.4, -0.2) is 55.3 Å². The second kappa shape index (κ2) is 7.94. The van der Waals surface area contributed by atoms with E-state index in [0.717, 1.165) is 5.69 Å². The Hall–Kier alpha value is -1.88. The highest BCUT2D eigenvalue weighted by Gasteiger charge is 2.20. The summed E-state index contributed by atoms with van der Waals surface area (Å²) in [6, 6.07) is 7.47. The second-order valence-electron chi connectivity index (χ2n) is 6.15. The number of hydrogen-bond donors (Lipinski definition) is 1. The van der Waals surface area contributed by atoms with Crippen molar-refractivity contribution in [2.24, 2.45) is 0 Å². The van der Waals surface area contributed by atoms with Gasteiger partial charge in [-0.2, -0.15) is 0 Å². The highest BCUT2D eigenvalue weighted by molar-refractivity contribution is 5.94. The van der Waals surface area contributed by atoms with Crippen molar-refractivity contribution < 1.29 is 9.59 Å². The zero-order chi connectivity index (χ0) is 16.9. The van der Waals surface area contributed by atoms with Gasteiger partial charge in [0.1, 0.15) is 0 Å².